The Morgan fingerprint density at radius 1 is 1.27 bits per heavy atom. The van der Waals surface area contributed by atoms with Crippen molar-refractivity contribution < 1.29 is 23.8 Å². The summed E-state index contributed by atoms with van der Waals surface area (Å²) in [6.07, 6.45) is 4.24. The van der Waals surface area contributed by atoms with Gasteiger partial charge in [0.05, 0.1) is 36.3 Å². The zero-order valence-electron chi connectivity index (χ0n) is 22.7. The van der Waals surface area contributed by atoms with Crippen molar-refractivity contribution in [1.82, 2.24) is 24.4 Å². The molecule has 2 N–H and O–H groups in total. The molecule has 12 heteroatoms. The number of nitrogens with one attached hydrogen (secondary N) is 1. The second kappa shape index (κ2) is 10.4. The quantitative estimate of drug-likeness (QED) is 0.458. The number of rotatable bonds is 7. The molecule has 0 radical (unpaired) electrons. The summed E-state index contributed by atoms with van der Waals surface area (Å²) in [4.78, 5) is 37.1. The molecular formula is C28H34FN7O4. The number of halogens is 1. The van der Waals surface area contributed by atoms with Crippen LogP contribution in [0.15, 0.2) is 36.8 Å². The number of ether oxygens (including phenoxy) is 1. The van der Waals surface area contributed by atoms with Gasteiger partial charge in [0.2, 0.25) is 0 Å². The van der Waals surface area contributed by atoms with Crippen LogP contribution < -0.4 is 10.2 Å². The number of alkyl halides is 1. The van der Waals surface area contributed by atoms with Gasteiger partial charge in [0.15, 0.2) is 5.65 Å². The predicted octanol–water partition coefficient (Wildman–Crippen LogP) is 1.96. The number of benzene rings is 1. The van der Waals surface area contributed by atoms with Crippen LogP contribution in [0.5, 0.6) is 0 Å². The first-order valence-electron chi connectivity index (χ1n) is 13.7. The number of aromatic nitrogens is 3. The average Bonchev–Trinajstić information content (AvgIpc) is 3.68. The van der Waals surface area contributed by atoms with E-state index in [4.69, 9.17) is 4.74 Å². The standard InChI is InChI=1S/C28H34FN7O4/c1-28(2,39)24(29)16-35-15-18-12-22(32-26(37)21-14-31-36-6-3-5-30-25(21)36)23(13-20(18)27(35)38)34-9-7-33(8-10-34)19-4-11-40-17-19/h3,5-6,12-14,19,24,39H,4,7-11,15-17H2,1-2H3,(H,32,37)/t19-,24?/m0/s1. The zero-order valence-corrected chi connectivity index (χ0v) is 22.7. The van der Waals surface area contributed by atoms with Gasteiger partial charge in [-0.05, 0) is 44.0 Å². The Balaban J connectivity index is 1.29. The number of anilines is 2. The Labute approximate surface area is 231 Å². The van der Waals surface area contributed by atoms with Gasteiger partial charge in [-0.25, -0.2) is 13.9 Å². The number of hydrogen-bond acceptors (Lipinski definition) is 8. The predicted molar refractivity (Wildman–Crippen MR) is 146 cm³/mol. The molecule has 3 aliphatic rings. The molecule has 2 saturated heterocycles. The van der Waals surface area contributed by atoms with Crippen LogP contribution in [-0.4, -0.2) is 105 Å². The zero-order chi connectivity index (χ0) is 28.0. The van der Waals surface area contributed by atoms with Gasteiger partial charge in [0.1, 0.15) is 11.7 Å². The number of hydrogen-bond donors (Lipinski definition) is 2. The summed E-state index contributed by atoms with van der Waals surface area (Å²) in [7, 11) is 0. The molecule has 1 aromatic carbocycles. The van der Waals surface area contributed by atoms with Gasteiger partial charge < -0.3 is 25.0 Å². The highest BCUT2D eigenvalue weighted by atomic mass is 19.1. The van der Waals surface area contributed by atoms with Crippen molar-refractivity contribution in [3.8, 4) is 0 Å². The van der Waals surface area contributed by atoms with Crippen LogP contribution in [-0.2, 0) is 11.3 Å². The van der Waals surface area contributed by atoms with E-state index in [1.165, 1.54) is 29.5 Å². The number of amides is 2. The van der Waals surface area contributed by atoms with Gasteiger partial charge in [-0.2, -0.15) is 5.10 Å². The molecule has 5 heterocycles. The number of carbonyl (C=O) groups is 2. The molecule has 0 aliphatic carbocycles. The lowest BCUT2D eigenvalue weighted by Crippen LogP contribution is -2.50. The summed E-state index contributed by atoms with van der Waals surface area (Å²) in [5, 5.41) is 17.3. The number of aliphatic hydroxyl groups is 1. The number of carbonyl (C=O) groups excluding carboxylic acids is 2. The van der Waals surface area contributed by atoms with E-state index in [0.717, 1.165) is 51.5 Å². The molecule has 0 spiro atoms. The Morgan fingerprint density at radius 3 is 2.80 bits per heavy atom. The maximum absolute atomic E-state index is 14.7. The van der Waals surface area contributed by atoms with Crippen LogP contribution in [0, 0.1) is 0 Å². The largest absolute Gasteiger partial charge is 0.387 e. The first-order chi connectivity index (χ1) is 19.2. The van der Waals surface area contributed by atoms with Crippen molar-refractivity contribution >= 4 is 28.8 Å². The Kier molecular flexibility index (Phi) is 6.93. The molecule has 3 aliphatic heterocycles. The molecule has 2 atom stereocenters. The third-order valence-electron chi connectivity index (χ3n) is 8.10. The van der Waals surface area contributed by atoms with E-state index < -0.39 is 11.8 Å². The van der Waals surface area contributed by atoms with E-state index in [0.29, 0.717) is 34.1 Å². The lowest BCUT2D eigenvalue weighted by molar-refractivity contribution is -0.0159. The molecule has 0 saturated carbocycles. The summed E-state index contributed by atoms with van der Waals surface area (Å²) >= 11 is 0. The number of fused-ring (bicyclic) bond motifs is 2. The van der Waals surface area contributed by atoms with Gasteiger partial charge in [-0.15, -0.1) is 0 Å². The Morgan fingerprint density at radius 2 is 2.08 bits per heavy atom. The molecule has 2 fully saturated rings. The Hall–Kier alpha value is -3.61. The van der Waals surface area contributed by atoms with E-state index in [2.05, 4.69) is 25.2 Å². The van der Waals surface area contributed by atoms with Crippen molar-refractivity contribution in [3.05, 3.63) is 53.5 Å². The monoisotopic (exact) mass is 551 g/mol. The lowest BCUT2D eigenvalue weighted by Gasteiger charge is -2.39. The molecule has 0 bridgehead atoms. The molecule has 11 nitrogen and oxygen atoms in total. The average molecular weight is 552 g/mol. The second-order valence-electron chi connectivity index (χ2n) is 11.3. The SMILES string of the molecule is CC(C)(O)C(F)CN1Cc2cc(NC(=O)c3cnn4cccnc34)c(N3CCN([C@H]4CCOC4)CC3)cc2C1=O. The minimum Gasteiger partial charge on any atom is -0.387 e. The summed E-state index contributed by atoms with van der Waals surface area (Å²) in [5.41, 5.74) is 1.72. The number of nitrogens with zero attached hydrogens (tertiary/aromatic N) is 6. The molecule has 212 valence electrons. The van der Waals surface area contributed by atoms with Crippen LogP contribution in [0.3, 0.4) is 0 Å². The third kappa shape index (κ3) is 5.02. The minimum absolute atomic E-state index is 0.196. The maximum atomic E-state index is 14.7. The maximum Gasteiger partial charge on any atom is 0.261 e. The lowest BCUT2D eigenvalue weighted by atomic mass is 10.0. The molecular weight excluding hydrogens is 517 g/mol. The van der Waals surface area contributed by atoms with E-state index in [-0.39, 0.29) is 24.9 Å². The van der Waals surface area contributed by atoms with Crippen LogP contribution >= 0.6 is 0 Å². The van der Waals surface area contributed by atoms with Crippen molar-refractivity contribution in [1.29, 1.82) is 0 Å². The van der Waals surface area contributed by atoms with Crippen LogP contribution in [0.4, 0.5) is 15.8 Å². The fraction of sp³-hybridized carbons (Fsp3) is 0.500. The Bertz CT molecular complexity index is 1420. The first kappa shape index (κ1) is 26.6. The van der Waals surface area contributed by atoms with E-state index in [1.54, 1.807) is 18.5 Å². The smallest absolute Gasteiger partial charge is 0.261 e. The molecule has 2 aromatic heterocycles. The molecule has 1 unspecified atom stereocenters. The number of piperazine rings is 1. The van der Waals surface area contributed by atoms with Gasteiger partial charge in [0.25, 0.3) is 11.8 Å². The third-order valence-corrected chi connectivity index (χ3v) is 8.10. The van der Waals surface area contributed by atoms with Crippen molar-refractivity contribution in [3.63, 3.8) is 0 Å². The topological polar surface area (TPSA) is 116 Å². The van der Waals surface area contributed by atoms with Crippen molar-refractivity contribution in [2.24, 2.45) is 0 Å². The van der Waals surface area contributed by atoms with Crippen LogP contribution in [0.2, 0.25) is 0 Å². The van der Waals surface area contributed by atoms with Gasteiger partial charge in [0, 0.05) is 63.3 Å². The first-order valence-corrected chi connectivity index (χ1v) is 13.7. The molecule has 6 rings (SSSR count). The summed E-state index contributed by atoms with van der Waals surface area (Å²) in [6, 6.07) is 5.78. The molecule has 40 heavy (non-hydrogen) atoms. The van der Waals surface area contributed by atoms with E-state index in [9.17, 15) is 19.1 Å². The van der Waals surface area contributed by atoms with Crippen molar-refractivity contribution in [2.45, 2.75) is 44.6 Å². The minimum atomic E-state index is -1.60. The molecule has 2 amide bonds. The van der Waals surface area contributed by atoms with Crippen molar-refractivity contribution in [2.75, 3.05) is 56.2 Å². The van der Waals surface area contributed by atoms with Gasteiger partial charge in [-0.1, -0.05) is 0 Å². The van der Waals surface area contributed by atoms with E-state index in [1.807, 2.05) is 12.1 Å². The normalized spacial score (nSPS) is 20.8. The van der Waals surface area contributed by atoms with Gasteiger partial charge >= 0.3 is 0 Å². The second-order valence-corrected chi connectivity index (χ2v) is 11.3. The van der Waals surface area contributed by atoms with Gasteiger partial charge in [-0.3, -0.25) is 14.5 Å². The summed E-state index contributed by atoms with van der Waals surface area (Å²) in [5.74, 6) is -0.640. The van der Waals surface area contributed by atoms with Crippen LogP contribution in [0.1, 0.15) is 46.5 Å². The fourth-order valence-electron chi connectivity index (χ4n) is 5.65. The highest BCUT2D eigenvalue weighted by Crippen LogP contribution is 2.36. The summed E-state index contributed by atoms with van der Waals surface area (Å²) in [6.45, 7) is 7.42. The fourth-order valence-corrected chi connectivity index (χ4v) is 5.65. The molecule has 3 aromatic rings. The summed E-state index contributed by atoms with van der Waals surface area (Å²) < 4.78 is 21.8. The van der Waals surface area contributed by atoms with E-state index >= 15 is 0 Å². The highest BCUT2D eigenvalue weighted by molar-refractivity contribution is 6.10. The highest BCUT2D eigenvalue weighted by Gasteiger charge is 2.36. The van der Waals surface area contributed by atoms with Crippen LogP contribution in [0.25, 0.3) is 5.65 Å².